The highest BCUT2D eigenvalue weighted by Crippen LogP contribution is 2.21. The Morgan fingerprint density at radius 2 is 1.79 bits per heavy atom. The summed E-state index contributed by atoms with van der Waals surface area (Å²) in [6.07, 6.45) is 3.89. The molecule has 94 valence electrons. The molecule has 0 unspecified atom stereocenters. The molecule has 0 bridgehead atoms. The summed E-state index contributed by atoms with van der Waals surface area (Å²) in [5.41, 5.74) is 3.50. The number of benzene rings is 1. The van der Waals surface area contributed by atoms with Gasteiger partial charge >= 0.3 is 0 Å². The molecule has 3 heteroatoms. The molecular formula is C16H13ClN2. The number of rotatable bonds is 3. The van der Waals surface area contributed by atoms with E-state index in [1.165, 1.54) is 5.56 Å². The van der Waals surface area contributed by atoms with E-state index in [9.17, 15) is 0 Å². The molecule has 19 heavy (non-hydrogen) atoms. The molecule has 2 aromatic heterocycles. The van der Waals surface area contributed by atoms with Crippen molar-refractivity contribution in [1.29, 1.82) is 0 Å². The van der Waals surface area contributed by atoms with Gasteiger partial charge in [-0.15, -0.1) is 0 Å². The Kier molecular flexibility index (Phi) is 3.34. The summed E-state index contributed by atoms with van der Waals surface area (Å²) in [6.45, 7) is 0.853. The van der Waals surface area contributed by atoms with Crippen molar-refractivity contribution in [3.8, 4) is 11.3 Å². The van der Waals surface area contributed by atoms with Crippen LogP contribution in [-0.4, -0.2) is 9.55 Å². The van der Waals surface area contributed by atoms with Crippen LogP contribution >= 0.6 is 11.6 Å². The average molecular weight is 269 g/mol. The van der Waals surface area contributed by atoms with Gasteiger partial charge in [-0.25, -0.2) is 4.98 Å². The molecule has 0 fully saturated rings. The predicted molar refractivity (Wildman–Crippen MR) is 78.2 cm³/mol. The fourth-order valence-electron chi connectivity index (χ4n) is 2.12. The monoisotopic (exact) mass is 268 g/mol. The molecule has 0 aliphatic carbocycles. The molecule has 0 amide bonds. The van der Waals surface area contributed by atoms with Crippen LogP contribution in [0.15, 0.2) is 67.0 Å². The minimum absolute atomic E-state index is 0.518. The third-order valence-corrected chi connectivity index (χ3v) is 3.27. The number of nitrogens with zero attached hydrogens (tertiary/aromatic N) is 2. The maximum absolute atomic E-state index is 5.82. The molecule has 1 aromatic carbocycles. The first-order chi connectivity index (χ1) is 9.33. The molecule has 0 atom stereocenters. The first-order valence-corrected chi connectivity index (χ1v) is 6.52. The smallest absolute Gasteiger partial charge is 0.129 e. The number of halogens is 1. The Labute approximate surface area is 117 Å². The van der Waals surface area contributed by atoms with Crippen molar-refractivity contribution in [2.24, 2.45) is 0 Å². The second-order valence-electron chi connectivity index (χ2n) is 4.38. The predicted octanol–water partition coefficient (Wildman–Crippen LogP) is 4.25. The summed E-state index contributed by atoms with van der Waals surface area (Å²) < 4.78 is 2.21. The summed E-state index contributed by atoms with van der Waals surface area (Å²) in [7, 11) is 0. The Morgan fingerprint density at radius 1 is 0.947 bits per heavy atom. The Hall–Kier alpha value is -2.06. The third kappa shape index (κ3) is 2.69. The zero-order valence-corrected chi connectivity index (χ0v) is 11.1. The first-order valence-electron chi connectivity index (χ1n) is 6.14. The van der Waals surface area contributed by atoms with E-state index in [1.54, 1.807) is 6.20 Å². The highest BCUT2D eigenvalue weighted by atomic mass is 35.5. The minimum Gasteiger partial charge on any atom is -0.343 e. The SMILES string of the molecule is Clc1ccc(-c2cccn2Cc2ccccc2)cn1. The van der Waals surface area contributed by atoms with Crippen molar-refractivity contribution in [2.75, 3.05) is 0 Å². The number of pyridine rings is 1. The van der Waals surface area contributed by atoms with Crippen molar-refractivity contribution in [3.05, 3.63) is 77.7 Å². The number of aromatic nitrogens is 2. The Bertz CT molecular complexity index is 657. The fraction of sp³-hybridized carbons (Fsp3) is 0.0625. The van der Waals surface area contributed by atoms with E-state index in [0.717, 1.165) is 17.8 Å². The van der Waals surface area contributed by atoms with E-state index < -0.39 is 0 Å². The minimum atomic E-state index is 0.518. The van der Waals surface area contributed by atoms with E-state index in [0.29, 0.717) is 5.15 Å². The van der Waals surface area contributed by atoms with Crippen LogP contribution in [0.5, 0.6) is 0 Å². The second kappa shape index (κ2) is 5.29. The van der Waals surface area contributed by atoms with Gasteiger partial charge in [-0.3, -0.25) is 0 Å². The van der Waals surface area contributed by atoms with Crippen molar-refractivity contribution in [2.45, 2.75) is 6.54 Å². The molecule has 0 aliphatic heterocycles. The molecule has 0 saturated carbocycles. The van der Waals surface area contributed by atoms with Crippen LogP contribution in [0.4, 0.5) is 0 Å². The lowest BCUT2D eigenvalue weighted by molar-refractivity contribution is 0.814. The highest BCUT2D eigenvalue weighted by Gasteiger charge is 2.05. The average Bonchev–Trinajstić information content (AvgIpc) is 2.89. The molecule has 0 saturated heterocycles. The summed E-state index contributed by atoms with van der Waals surface area (Å²) in [5, 5.41) is 0.518. The maximum Gasteiger partial charge on any atom is 0.129 e. The molecule has 0 spiro atoms. The van der Waals surface area contributed by atoms with Gasteiger partial charge in [0.15, 0.2) is 0 Å². The van der Waals surface area contributed by atoms with Crippen molar-refractivity contribution in [1.82, 2.24) is 9.55 Å². The van der Waals surface area contributed by atoms with Crippen LogP contribution in [-0.2, 0) is 6.54 Å². The topological polar surface area (TPSA) is 17.8 Å². The molecule has 3 aromatic rings. The third-order valence-electron chi connectivity index (χ3n) is 3.05. The van der Waals surface area contributed by atoms with Gasteiger partial charge < -0.3 is 4.57 Å². The zero-order chi connectivity index (χ0) is 13.1. The van der Waals surface area contributed by atoms with Crippen LogP contribution in [0.25, 0.3) is 11.3 Å². The molecule has 2 heterocycles. The summed E-state index contributed by atoms with van der Waals surface area (Å²) in [6, 6.07) is 18.4. The van der Waals surface area contributed by atoms with Gasteiger partial charge in [-0.05, 0) is 29.8 Å². The van der Waals surface area contributed by atoms with Gasteiger partial charge in [-0.2, -0.15) is 0 Å². The molecule has 0 aliphatic rings. The molecule has 2 nitrogen and oxygen atoms in total. The lowest BCUT2D eigenvalue weighted by Gasteiger charge is -2.09. The standard InChI is InChI=1S/C16H13ClN2/c17-16-9-8-14(11-18-16)15-7-4-10-19(15)12-13-5-2-1-3-6-13/h1-11H,12H2. The summed E-state index contributed by atoms with van der Waals surface area (Å²) in [4.78, 5) is 4.14. The van der Waals surface area contributed by atoms with E-state index in [1.807, 2.05) is 24.3 Å². The van der Waals surface area contributed by atoms with Crippen LogP contribution < -0.4 is 0 Å². The van der Waals surface area contributed by atoms with Gasteiger partial charge in [0.25, 0.3) is 0 Å². The van der Waals surface area contributed by atoms with Gasteiger partial charge in [0.2, 0.25) is 0 Å². The van der Waals surface area contributed by atoms with Crippen LogP contribution in [0.1, 0.15) is 5.56 Å². The van der Waals surface area contributed by atoms with E-state index >= 15 is 0 Å². The van der Waals surface area contributed by atoms with Gasteiger partial charge in [-0.1, -0.05) is 41.9 Å². The van der Waals surface area contributed by atoms with Crippen molar-refractivity contribution in [3.63, 3.8) is 0 Å². The lowest BCUT2D eigenvalue weighted by atomic mass is 10.2. The van der Waals surface area contributed by atoms with Crippen LogP contribution in [0.2, 0.25) is 5.15 Å². The molecular weight excluding hydrogens is 256 g/mol. The number of hydrogen-bond donors (Lipinski definition) is 0. The lowest BCUT2D eigenvalue weighted by Crippen LogP contribution is -2.00. The fourth-order valence-corrected chi connectivity index (χ4v) is 2.23. The maximum atomic E-state index is 5.82. The highest BCUT2D eigenvalue weighted by molar-refractivity contribution is 6.29. The largest absolute Gasteiger partial charge is 0.343 e. The van der Waals surface area contributed by atoms with Crippen molar-refractivity contribution < 1.29 is 0 Å². The molecule has 0 radical (unpaired) electrons. The van der Waals surface area contributed by atoms with E-state index in [2.05, 4.69) is 46.1 Å². The Balaban J connectivity index is 1.92. The van der Waals surface area contributed by atoms with Crippen LogP contribution in [0.3, 0.4) is 0 Å². The van der Waals surface area contributed by atoms with Gasteiger partial charge in [0.1, 0.15) is 5.15 Å². The second-order valence-corrected chi connectivity index (χ2v) is 4.76. The normalized spacial score (nSPS) is 10.6. The first kappa shape index (κ1) is 12.0. The molecule has 0 N–H and O–H groups in total. The van der Waals surface area contributed by atoms with Crippen LogP contribution in [0, 0.1) is 0 Å². The van der Waals surface area contributed by atoms with E-state index in [-0.39, 0.29) is 0 Å². The summed E-state index contributed by atoms with van der Waals surface area (Å²) >= 11 is 5.82. The van der Waals surface area contributed by atoms with Gasteiger partial charge in [0.05, 0.1) is 0 Å². The number of hydrogen-bond acceptors (Lipinski definition) is 1. The van der Waals surface area contributed by atoms with E-state index in [4.69, 9.17) is 11.6 Å². The summed E-state index contributed by atoms with van der Waals surface area (Å²) in [5.74, 6) is 0. The van der Waals surface area contributed by atoms with Gasteiger partial charge in [0, 0.05) is 30.2 Å². The Morgan fingerprint density at radius 3 is 2.53 bits per heavy atom. The quantitative estimate of drug-likeness (QED) is 0.649. The van der Waals surface area contributed by atoms with Crippen molar-refractivity contribution >= 4 is 11.6 Å². The zero-order valence-electron chi connectivity index (χ0n) is 10.3. The molecule has 3 rings (SSSR count).